The molecule has 1 N–H and O–H groups in total. The lowest BCUT2D eigenvalue weighted by molar-refractivity contribution is 0.0937. The van der Waals surface area contributed by atoms with E-state index in [1.54, 1.807) is 6.20 Å². The SMILES string of the molecule is Cc1cccnc1C[C@@H](C)NC(=O)c1ccc(OC2CCN(Cc3ccccn3)CC2)cc1. The number of hydrogen-bond donors (Lipinski definition) is 1. The van der Waals surface area contributed by atoms with Crippen LogP contribution in [0.4, 0.5) is 0 Å². The third kappa shape index (κ3) is 6.62. The molecule has 2 aromatic heterocycles. The van der Waals surface area contributed by atoms with Gasteiger partial charge in [0.1, 0.15) is 11.9 Å². The van der Waals surface area contributed by atoms with E-state index < -0.39 is 0 Å². The Hall–Kier alpha value is -3.25. The fraction of sp³-hybridized carbons (Fsp3) is 0.370. The normalized spacial score (nSPS) is 15.7. The van der Waals surface area contributed by atoms with Gasteiger partial charge in [0.05, 0.1) is 5.69 Å². The number of ether oxygens (including phenoxy) is 1. The molecule has 1 atom stereocenters. The molecule has 1 aliphatic rings. The van der Waals surface area contributed by atoms with Gasteiger partial charge in [-0.15, -0.1) is 0 Å². The average Bonchev–Trinajstić information content (AvgIpc) is 2.83. The Morgan fingerprint density at radius 3 is 2.52 bits per heavy atom. The molecule has 1 aliphatic heterocycles. The van der Waals surface area contributed by atoms with E-state index in [1.807, 2.05) is 68.6 Å². The van der Waals surface area contributed by atoms with E-state index in [0.717, 1.165) is 55.2 Å². The molecule has 3 aromatic rings. The van der Waals surface area contributed by atoms with Gasteiger partial charge < -0.3 is 10.1 Å². The van der Waals surface area contributed by atoms with Gasteiger partial charge in [0.15, 0.2) is 0 Å². The number of aryl methyl sites for hydroxylation is 1. The number of pyridine rings is 2. The Bertz CT molecular complexity index is 1030. The summed E-state index contributed by atoms with van der Waals surface area (Å²) in [6.07, 6.45) is 6.51. The van der Waals surface area contributed by atoms with Crippen molar-refractivity contribution in [2.45, 2.75) is 51.8 Å². The van der Waals surface area contributed by atoms with Crippen LogP contribution in [0.2, 0.25) is 0 Å². The second-order valence-electron chi connectivity index (χ2n) is 8.78. The molecule has 0 spiro atoms. The number of rotatable bonds is 8. The van der Waals surface area contributed by atoms with E-state index >= 15 is 0 Å². The first-order chi connectivity index (χ1) is 16.1. The minimum Gasteiger partial charge on any atom is -0.490 e. The highest BCUT2D eigenvalue weighted by Crippen LogP contribution is 2.20. The molecule has 1 aromatic carbocycles. The van der Waals surface area contributed by atoms with Crippen LogP contribution in [0.25, 0.3) is 0 Å². The number of carbonyl (C=O) groups is 1. The molecule has 1 saturated heterocycles. The Balaban J connectivity index is 1.23. The molecule has 4 rings (SSSR count). The Kier molecular flexibility index (Phi) is 7.68. The number of aromatic nitrogens is 2. The number of nitrogens with zero attached hydrogens (tertiary/aromatic N) is 3. The van der Waals surface area contributed by atoms with Crippen molar-refractivity contribution in [3.05, 3.63) is 89.5 Å². The second-order valence-corrected chi connectivity index (χ2v) is 8.78. The fourth-order valence-corrected chi connectivity index (χ4v) is 4.16. The van der Waals surface area contributed by atoms with Gasteiger partial charge in [0, 0.05) is 55.7 Å². The predicted molar refractivity (Wildman–Crippen MR) is 129 cm³/mol. The molecule has 6 heteroatoms. The number of amides is 1. The molecular formula is C27H32N4O2. The van der Waals surface area contributed by atoms with Crippen LogP contribution >= 0.6 is 0 Å². The zero-order chi connectivity index (χ0) is 23.0. The van der Waals surface area contributed by atoms with Gasteiger partial charge in [-0.2, -0.15) is 0 Å². The fourth-order valence-electron chi connectivity index (χ4n) is 4.16. The highest BCUT2D eigenvalue weighted by atomic mass is 16.5. The molecule has 33 heavy (non-hydrogen) atoms. The van der Waals surface area contributed by atoms with Crippen LogP contribution in [0.1, 0.15) is 47.1 Å². The zero-order valence-electron chi connectivity index (χ0n) is 19.4. The molecule has 3 heterocycles. The average molecular weight is 445 g/mol. The maximum atomic E-state index is 12.6. The van der Waals surface area contributed by atoms with Gasteiger partial charge >= 0.3 is 0 Å². The van der Waals surface area contributed by atoms with Crippen LogP contribution in [-0.2, 0) is 13.0 Å². The van der Waals surface area contributed by atoms with Gasteiger partial charge in [-0.1, -0.05) is 12.1 Å². The minimum absolute atomic E-state index is 0.00158. The van der Waals surface area contributed by atoms with Crippen molar-refractivity contribution in [1.29, 1.82) is 0 Å². The van der Waals surface area contributed by atoms with Crippen LogP contribution in [-0.4, -0.2) is 46.0 Å². The first-order valence-corrected chi connectivity index (χ1v) is 11.7. The molecule has 0 bridgehead atoms. The number of nitrogens with one attached hydrogen (secondary N) is 1. The summed E-state index contributed by atoms with van der Waals surface area (Å²) < 4.78 is 6.18. The van der Waals surface area contributed by atoms with Crippen LogP contribution < -0.4 is 10.1 Å². The van der Waals surface area contributed by atoms with E-state index in [0.29, 0.717) is 12.0 Å². The lowest BCUT2D eigenvalue weighted by Gasteiger charge is -2.31. The molecule has 0 unspecified atom stereocenters. The molecule has 0 aliphatic carbocycles. The topological polar surface area (TPSA) is 67.3 Å². The maximum Gasteiger partial charge on any atom is 0.251 e. The van der Waals surface area contributed by atoms with Crippen molar-refractivity contribution < 1.29 is 9.53 Å². The predicted octanol–water partition coefficient (Wildman–Crippen LogP) is 4.19. The number of likely N-dealkylation sites (tertiary alicyclic amines) is 1. The summed E-state index contributed by atoms with van der Waals surface area (Å²) in [6.45, 7) is 6.92. The van der Waals surface area contributed by atoms with E-state index in [-0.39, 0.29) is 18.1 Å². The largest absolute Gasteiger partial charge is 0.490 e. The van der Waals surface area contributed by atoms with Gasteiger partial charge in [-0.3, -0.25) is 19.7 Å². The van der Waals surface area contributed by atoms with Crippen LogP contribution in [0.3, 0.4) is 0 Å². The first-order valence-electron chi connectivity index (χ1n) is 11.7. The van der Waals surface area contributed by atoms with Gasteiger partial charge in [-0.05, 0) is 74.7 Å². The molecule has 172 valence electrons. The third-order valence-corrected chi connectivity index (χ3v) is 6.06. The monoisotopic (exact) mass is 444 g/mol. The quantitative estimate of drug-likeness (QED) is 0.564. The van der Waals surface area contributed by atoms with Crippen molar-refractivity contribution >= 4 is 5.91 Å². The highest BCUT2D eigenvalue weighted by Gasteiger charge is 2.21. The van der Waals surface area contributed by atoms with Crippen molar-refractivity contribution in [3.63, 3.8) is 0 Å². The van der Waals surface area contributed by atoms with E-state index in [1.165, 1.54) is 0 Å². The summed E-state index contributed by atoms with van der Waals surface area (Å²) >= 11 is 0. The van der Waals surface area contributed by atoms with Crippen LogP contribution in [0.15, 0.2) is 67.0 Å². The van der Waals surface area contributed by atoms with Crippen molar-refractivity contribution in [3.8, 4) is 5.75 Å². The summed E-state index contributed by atoms with van der Waals surface area (Å²) in [5.41, 5.74) is 3.90. The zero-order valence-corrected chi connectivity index (χ0v) is 19.4. The first kappa shape index (κ1) is 22.9. The van der Waals surface area contributed by atoms with Gasteiger partial charge in [0.2, 0.25) is 0 Å². The number of benzene rings is 1. The molecule has 1 amide bonds. The number of carbonyl (C=O) groups excluding carboxylic acids is 1. The lowest BCUT2D eigenvalue weighted by Crippen LogP contribution is -2.38. The van der Waals surface area contributed by atoms with Gasteiger partial charge in [-0.25, -0.2) is 0 Å². The lowest BCUT2D eigenvalue weighted by atomic mass is 10.1. The molecule has 1 fully saturated rings. The summed E-state index contributed by atoms with van der Waals surface area (Å²) in [5, 5.41) is 3.07. The van der Waals surface area contributed by atoms with E-state index in [2.05, 4.69) is 26.3 Å². The Labute approximate surface area is 196 Å². The Morgan fingerprint density at radius 2 is 1.82 bits per heavy atom. The maximum absolute atomic E-state index is 12.6. The summed E-state index contributed by atoms with van der Waals surface area (Å²) in [5.74, 6) is 0.734. The van der Waals surface area contributed by atoms with Crippen LogP contribution in [0, 0.1) is 6.92 Å². The van der Waals surface area contributed by atoms with Crippen molar-refractivity contribution in [1.82, 2.24) is 20.2 Å². The summed E-state index contributed by atoms with van der Waals surface area (Å²) in [4.78, 5) is 23.9. The molecule has 6 nitrogen and oxygen atoms in total. The second kappa shape index (κ2) is 11.1. The molecular weight excluding hydrogens is 412 g/mol. The van der Waals surface area contributed by atoms with Crippen molar-refractivity contribution in [2.75, 3.05) is 13.1 Å². The van der Waals surface area contributed by atoms with Gasteiger partial charge in [0.25, 0.3) is 5.91 Å². The third-order valence-electron chi connectivity index (χ3n) is 6.06. The standard InChI is InChI=1S/C27H32N4O2/c1-20-6-5-15-29-26(20)18-21(2)30-27(32)22-8-10-24(11-9-22)33-25-12-16-31(17-13-25)19-23-7-3-4-14-28-23/h3-11,14-15,21,25H,12-13,16-19H2,1-2H3,(H,30,32)/t21-/m1/s1. The smallest absolute Gasteiger partial charge is 0.251 e. The van der Waals surface area contributed by atoms with E-state index in [4.69, 9.17) is 4.74 Å². The summed E-state index contributed by atoms with van der Waals surface area (Å²) in [6, 6.07) is 17.5. The minimum atomic E-state index is -0.0783. The number of piperidine rings is 1. The number of hydrogen-bond acceptors (Lipinski definition) is 5. The summed E-state index contributed by atoms with van der Waals surface area (Å²) in [7, 11) is 0. The van der Waals surface area contributed by atoms with E-state index in [9.17, 15) is 4.79 Å². The van der Waals surface area contributed by atoms with Crippen LogP contribution in [0.5, 0.6) is 5.75 Å². The van der Waals surface area contributed by atoms with Crippen molar-refractivity contribution in [2.24, 2.45) is 0 Å². The highest BCUT2D eigenvalue weighted by molar-refractivity contribution is 5.94. The Morgan fingerprint density at radius 1 is 1.06 bits per heavy atom. The molecule has 0 saturated carbocycles. The molecule has 0 radical (unpaired) electrons.